The molecule has 1 atom stereocenters. The zero-order valence-electron chi connectivity index (χ0n) is 18.8. The number of hydrogen-bond acceptors (Lipinski definition) is 6. The van der Waals surface area contributed by atoms with Crippen molar-refractivity contribution in [2.75, 3.05) is 16.8 Å². The van der Waals surface area contributed by atoms with Crippen molar-refractivity contribution < 1.29 is 23.9 Å². The number of thiophene rings is 1. The number of nitrogens with one attached hydrogen (secondary N) is 1. The molecule has 3 aromatic rings. The van der Waals surface area contributed by atoms with Crippen molar-refractivity contribution in [2.24, 2.45) is 0 Å². The minimum atomic E-state index is -0.973. The number of amides is 4. The third-order valence-electron chi connectivity index (χ3n) is 5.37. The van der Waals surface area contributed by atoms with Gasteiger partial charge >= 0.3 is 12.0 Å². The number of imide groups is 1. The fraction of sp³-hybridized carbons (Fsp3) is 0.200. The first kappa shape index (κ1) is 24.4. The first-order valence-corrected chi connectivity index (χ1v) is 12.1. The topological polar surface area (TPSA) is 96.0 Å². The van der Waals surface area contributed by atoms with Gasteiger partial charge in [-0.3, -0.25) is 9.59 Å². The summed E-state index contributed by atoms with van der Waals surface area (Å²) in [6.45, 7) is 2.19. The molecule has 0 spiro atoms. The van der Waals surface area contributed by atoms with E-state index in [1.165, 1.54) is 16.2 Å². The van der Waals surface area contributed by atoms with Gasteiger partial charge in [-0.15, -0.1) is 11.3 Å². The molecule has 0 unspecified atom stereocenters. The fourth-order valence-corrected chi connectivity index (χ4v) is 4.53. The largest absolute Gasteiger partial charge is 0.462 e. The molecule has 4 amide bonds. The van der Waals surface area contributed by atoms with Crippen LogP contribution in [0.3, 0.4) is 0 Å². The van der Waals surface area contributed by atoms with E-state index in [4.69, 9.17) is 16.3 Å². The van der Waals surface area contributed by atoms with Crippen LogP contribution < -0.4 is 10.2 Å². The van der Waals surface area contributed by atoms with E-state index in [2.05, 4.69) is 5.32 Å². The number of nitrogens with zero attached hydrogens (tertiary/aromatic N) is 2. The number of halogens is 1. The van der Waals surface area contributed by atoms with Gasteiger partial charge < -0.3 is 15.0 Å². The van der Waals surface area contributed by atoms with Crippen LogP contribution in [0.25, 0.3) is 0 Å². The van der Waals surface area contributed by atoms with E-state index in [1.54, 1.807) is 55.5 Å². The lowest BCUT2D eigenvalue weighted by Gasteiger charge is -2.21. The van der Waals surface area contributed by atoms with Gasteiger partial charge in [0.25, 0.3) is 5.91 Å². The van der Waals surface area contributed by atoms with Crippen molar-refractivity contribution in [1.29, 1.82) is 0 Å². The number of rotatable bonds is 8. The van der Waals surface area contributed by atoms with Gasteiger partial charge in [-0.05, 0) is 66.9 Å². The Hall–Kier alpha value is -3.69. The van der Waals surface area contributed by atoms with Crippen LogP contribution in [0.4, 0.5) is 16.2 Å². The summed E-state index contributed by atoms with van der Waals surface area (Å²) < 4.78 is 4.95. The van der Waals surface area contributed by atoms with Crippen LogP contribution in [0, 0.1) is 0 Å². The molecule has 1 saturated heterocycles. The molecule has 35 heavy (non-hydrogen) atoms. The molecule has 2 aromatic carbocycles. The maximum atomic E-state index is 13.3. The van der Waals surface area contributed by atoms with Crippen LogP contribution in [0.1, 0.15) is 28.6 Å². The van der Waals surface area contributed by atoms with Crippen molar-refractivity contribution in [2.45, 2.75) is 25.9 Å². The van der Waals surface area contributed by atoms with Crippen molar-refractivity contribution in [3.8, 4) is 0 Å². The molecule has 1 fully saturated rings. The van der Waals surface area contributed by atoms with Gasteiger partial charge in [0.1, 0.15) is 6.04 Å². The van der Waals surface area contributed by atoms with Crippen LogP contribution >= 0.6 is 22.9 Å². The summed E-state index contributed by atoms with van der Waals surface area (Å²) in [5, 5.41) is 5.09. The van der Waals surface area contributed by atoms with E-state index in [0.29, 0.717) is 22.0 Å². The molecule has 0 radical (unpaired) electrons. The summed E-state index contributed by atoms with van der Waals surface area (Å²) in [4.78, 5) is 54.6. The van der Waals surface area contributed by atoms with Crippen molar-refractivity contribution in [3.63, 3.8) is 0 Å². The first-order valence-electron chi connectivity index (χ1n) is 10.9. The second-order valence-electron chi connectivity index (χ2n) is 7.71. The molecule has 1 aliphatic rings. The zero-order chi connectivity index (χ0) is 24.9. The lowest BCUT2D eigenvalue weighted by Crippen LogP contribution is -2.37. The molecule has 0 bridgehead atoms. The van der Waals surface area contributed by atoms with Crippen LogP contribution in [-0.2, 0) is 20.9 Å². The number of anilines is 2. The van der Waals surface area contributed by atoms with E-state index < -0.39 is 29.9 Å². The highest BCUT2D eigenvalue weighted by molar-refractivity contribution is 7.09. The number of carbonyl (C=O) groups is 4. The Bertz CT molecular complexity index is 1230. The van der Waals surface area contributed by atoms with Gasteiger partial charge in [0.2, 0.25) is 5.91 Å². The molecule has 8 nitrogen and oxygen atoms in total. The zero-order valence-corrected chi connectivity index (χ0v) is 20.3. The van der Waals surface area contributed by atoms with E-state index in [9.17, 15) is 19.2 Å². The van der Waals surface area contributed by atoms with Crippen LogP contribution in [0.2, 0.25) is 5.02 Å². The Labute approximate surface area is 211 Å². The van der Waals surface area contributed by atoms with Gasteiger partial charge in [0.05, 0.1) is 30.8 Å². The summed E-state index contributed by atoms with van der Waals surface area (Å²) in [5.41, 5.74) is 1.21. The van der Waals surface area contributed by atoms with Crippen molar-refractivity contribution in [1.82, 2.24) is 4.90 Å². The highest BCUT2D eigenvalue weighted by atomic mass is 35.5. The second-order valence-corrected chi connectivity index (χ2v) is 9.17. The minimum absolute atomic E-state index is 0.207. The Morgan fingerprint density at radius 3 is 2.40 bits per heavy atom. The molecule has 10 heteroatoms. The number of esters is 1. The lowest BCUT2D eigenvalue weighted by molar-refractivity contribution is -0.124. The van der Waals surface area contributed by atoms with Gasteiger partial charge in [-0.1, -0.05) is 17.7 Å². The van der Waals surface area contributed by atoms with Crippen LogP contribution in [-0.4, -0.2) is 41.4 Å². The van der Waals surface area contributed by atoms with Crippen LogP contribution in [0.15, 0.2) is 66.0 Å². The Kier molecular flexibility index (Phi) is 7.48. The maximum Gasteiger partial charge on any atom is 0.338 e. The summed E-state index contributed by atoms with van der Waals surface area (Å²) in [6.07, 6.45) is -0.223. The highest BCUT2D eigenvalue weighted by Crippen LogP contribution is 2.30. The molecule has 2 heterocycles. The molecule has 0 saturated carbocycles. The first-order chi connectivity index (χ1) is 16.9. The molecule has 1 aromatic heterocycles. The molecule has 0 aliphatic carbocycles. The minimum Gasteiger partial charge on any atom is -0.462 e. The van der Waals surface area contributed by atoms with Gasteiger partial charge in [-0.25, -0.2) is 14.5 Å². The Morgan fingerprint density at radius 1 is 1.06 bits per heavy atom. The molecular formula is C25H22ClN3O5S. The summed E-state index contributed by atoms with van der Waals surface area (Å²) in [5.74, 6) is -1.37. The van der Waals surface area contributed by atoms with E-state index in [0.717, 1.165) is 9.78 Å². The monoisotopic (exact) mass is 511 g/mol. The lowest BCUT2D eigenvalue weighted by atomic mass is 10.1. The second kappa shape index (κ2) is 10.7. The predicted molar refractivity (Wildman–Crippen MR) is 134 cm³/mol. The summed E-state index contributed by atoms with van der Waals surface area (Å²) in [7, 11) is 0. The van der Waals surface area contributed by atoms with Gasteiger partial charge in [0.15, 0.2) is 0 Å². The molecule has 180 valence electrons. The molecule has 1 N–H and O–H groups in total. The number of ether oxygens (including phenoxy) is 1. The maximum absolute atomic E-state index is 13.3. The number of carbonyl (C=O) groups excluding carboxylic acids is 4. The van der Waals surface area contributed by atoms with E-state index in [1.807, 2.05) is 17.5 Å². The Balaban J connectivity index is 1.51. The highest BCUT2D eigenvalue weighted by Gasteiger charge is 2.46. The number of benzene rings is 2. The normalized spacial score (nSPS) is 15.4. The van der Waals surface area contributed by atoms with E-state index >= 15 is 0 Å². The average molecular weight is 512 g/mol. The summed E-state index contributed by atoms with van der Waals surface area (Å²) >= 11 is 7.42. The van der Waals surface area contributed by atoms with Crippen molar-refractivity contribution in [3.05, 3.63) is 81.5 Å². The summed E-state index contributed by atoms with van der Waals surface area (Å²) in [6, 6.07) is 14.9. The third-order valence-corrected chi connectivity index (χ3v) is 6.48. The third kappa shape index (κ3) is 5.52. The molecular weight excluding hydrogens is 490 g/mol. The van der Waals surface area contributed by atoms with E-state index in [-0.39, 0.29) is 19.6 Å². The fourth-order valence-electron chi connectivity index (χ4n) is 3.70. The standard InChI is InChI=1S/C25H22ClN3O5S/c1-2-34-24(32)16-5-9-18(10-6-16)27-22(30)14-21-23(31)29(19-11-7-17(26)8-12-19)25(33)28(21)15-20-4-3-13-35-20/h3-13,21H,2,14-15H2,1H3,(H,27,30)/t21-/m0/s1. The quantitative estimate of drug-likeness (QED) is 0.341. The predicted octanol–water partition coefficient (Wildman–Crippen LogP) is 4.94. The van der Waals surface area contributed by atoms with Gasteiger partial charge in [0, 0.05) is 15.6 Å². The van der Waals surface area contributed by atoms with Crippen LogP contribution in [0.5, 0.6) is 0 Å². The SMILES string of the molecule is CCOC(=O)c1ccc(NC(=O)C[C@H]2C(=O)N(c3ccc(Cl)cc3)C(=O)N2Cc2cccs2)cc1. The molecule has 1 aliphatic heterocycles. The molecule has 4 rings (SSSR count). The Morgan fingerprint density at radius 2 is 1.77 bits per heavy atom. The number of hydrogen-bond donors (Lipinski definition) is 1. The van der Waals surface area contributed by atoms with Crippen molar-refractivity contribution >= 4 is 58.1 Å². The smallest absolute Gasteiger partial charge is 0.338 e. The van der Waals surface area contributed by atoms with Gasteiger partial charge in [-0.2, -0.15) is 0 Å². The average Bonchev–Trinajstić information content (AvgIpc) is 3.43. The number of urea groups is 1.